The lowest BCUT2D eigenvalue weighted by molar-refractivity contribution is -0.140. The molecule has 0 fully saturated rings. The fourth-order valence-electron chi connectivity index (χ4n) is 2.11. The molecule has 0 saturated carbocycles. The second kappa shape index (κ2) is 6.93. The van der Waals surface area contributed by atoms with E-state index in [-0.39, 0.29) is 6.42 Å². The Morgan fingerprint density at radius 1 is 1.25 bits per heavy atom. The van der Waals surface area contributed by atoms with Gasteiger partial charge in [-0.15, -0.1) is 0 Å². The van der Waals surface area contributed by atoms with Crippen LogP contribution in [-0.4, -0.2) is 35.2 Å². The lowest BCUT2D eigenvalue weighted by atomic mass is 10.1. The first-order valence-electron chi connectivity index (χ1n) is 6.58. The normalized spacial score (nSPS) is 11.9. The van der Waals surface area contributed by atoms with Crippen LogP contribution in [0.4, 0.5) is 5.69 Å². The molecule has 0 spiro atoms. The molecule has 0 aliphatic carbocycles. The van der Waals surface area contributed by atoms with Crippen molar-refractivity contribution in [2.24, 2.45) is 5.92 Å². The van der Waals surface area contributed by atoms with E-state index in [1.54, 1.807) is 6.92 Å². The third kappa shape index (κ3) is 4.57. The minimum absolute atomic E-state index is 0.0142. The third-order valence-corrected chi connectivity index (χ3v) is 3.20. The Hall–Kier alpha value is -2.04. The molecule has 2 N–H and O–H groups in total. The number of aliphatic carboxylic acids is 2. The molecule has 0 heterocycles. The highest BCUT2D eigenvalue weighted by Gasteiger charge is 2.18. The van der Waals surface area contributed by atoms with Gasteiger partial charge in [0.1, 0.15) is 0 Å². The first kappa shape index (κ1) is 16.0. The number of hydrogen-bond donors (Lipinski definition) is 2. The molecule has 1 aromatic rings. The predicted octanol–water partition coefficient (Wildman–Crippen LogP) is 2.31. The smallest absolute Gasteiger partial charge is 0.308 e. The molecule has 0 aliphatic rings. The van der Waals surface area contributed by atoms with Crippen molar-refractivity contribution in [2.75, 3.05) is 18.0 Å². The molecular weight excluding hydrogens is 258 g/mol. The van der Waals surface area contributed by atoms with Crippen molar-refractivity contribution in [3.8, 4) is 0 Å². The van der Waals surface area contributed by atoms with Gasteiger partial charge in [0.05, 0.1) is 12.3 Å². The molecule has 0 aromatic heterocycles. The SMILES string of the molecule is Cc1ccc(N(CCC(=O)O)CC(C)C(=O)O)c(C)c1. The Balaban J connectivity index is 2.96. The number of nitrogens with zero attached hydrogens (tertiary/aromatic N) is 1. The largest absolute Gasteiger partial charge is 0.481 e. The van der Waals surface area contributed by atoms with E-state index in [0.717, 1.165) is 16.8 Å². The highest BCUT2D eigenvalue weighted by Crippen LogP contribution is 2.22. The van der Waals surface area contributed by atoms with Crippen molar-refractivity contribution in [3.05, 3.63) is 29.3 Å². The van der Waals surface area contributed by atoms with Crippen LogP contribution in [-0.2, 0) is 9.59 Å². The number of benzene rings is 1. The molecule has 20 heavy (non-hydrogen) atoms. The highest BCUT2D eigenvalue weighted by molar-refractivity contribution is 5.71. The highest BCUT2D eigenvalue weighted by atomic mass is 16.4. The fraction of sp³-hybridized carbons (Fsp3) is 0.467. The van der Waals surface area contributed by atoms with Crippen LogP contribution >= 0.6 is 0 Å². The zero-order valence-electron chi connectivity index (χ0n) is 12.1. The van der Waals surface area contributed by atoms with Gasteiger partial charge in [-0.1, -0.05) is 24.6 Å². The van der Waals surface area contributed by atoms with Crippen molar-refractivity contribution in [1.82, 2.24) is 0 Å². The van der Waals surface area contributed by atoms with Crippen molar-refractivity contribution in [3.63, 3.8) is 0 Å². The Bertz CT molecular complexity index is 499. The van der Waals surface area contributed by atoms with Crippen LogP contribution in [0.25, 0.3) is 0 Å². The molecule has 0 saturated heterocycles. The summed E-state index contributed by atoms with van der Waals surface area (Å²) >= 11 is 0. The maximum Gasteiger partial charge on any atom is 0.308 e. The van der Waals surface area contributed by atoms with Gasteiger partial charge in [-0.05, 0) is 25.5 Å². The lowest BCUT2D eigenvalue weighted by Gasteiger charge is -2.27. The van der Waals surface area contributed by atoms with E-state index in [9.17, 15) is 9.59 Å². The number of rotatable bonds is 7. The van der Waals surface area contributed by atoms with Gasteiger partial charge in [-0.3, -0.25) is 9.59 Å². The molecule has 5 heteroatoms. The van der Waals surface area contributed by atoms with Gasteiger partial charge in [0.15, 0.2) is 0 Å². The molecule has 0 radical (unpaired) electrons. The Morgan fingerprint density at radius 3 is 2.40 bits per heavy atom. The summed E-state index contributed by atoms with van der Waals surface area (Å²) in [5.41, 5.74) is 3.04. The standard InChI is InChI=1S/C15H21NO4/c1-10-4-5-13(11(2)8-10)16(7-6-14(17)18)9-12(3)15(19)20/h4-5,8,12H,6-7,9H2,1-3H3,(H,17,18)(H,19,20). The molecule has 5 nitrogen and oxygen atoms in total. The number of anilines is 1. The van der Waals surface area contributed by atoms with Crippen molar-refractivity contribution in [1.29, 1.82) is 0 Å². The van der Waals surface area contributed by atoms with Gasteiger partial charge in [0.25, 0.3) is 0 Å². The van der Waals surface area contributed by atoms with Gasteiger partial charge in [-0.2, -0.15) is 0 Å². The summed E-state index contributed by atoms with van der Waals surface area (Å²) < 4.78 is 0. The summed E-state index contributed by atoms with van der Waals surface area (Å²) in [6.07, 6.45) is -0.0142. The van der Waals surface area contributed by atoms with Crippen LogP contribution in [0.15, 0.2) is 18.2 Å². The second-order valence-electron chi connectivity index (χ2n) is 5.12. The minimum atomic E-state index is -0.886. The summed E-state index contributed by atoms with van der Waals surface area (Å²) in [5.74, 6) is -2.32. The number of hydrogen-bond acceptors (Lipinski definition) is 3. The zero-order chi connectivity index (χ0) is 15.3. The van der Waals surface area contributed by atoms with E-state index in [2.05, 4.69) is 0 Å². The molecule has 0 amide bonds. The Morgan fingerprint density at radius 2 is 1.90 bits per heavy atom. The number of carboxylic acid groups (broad SMARTS) is 2. The van der Waals surface area contributed by atoms with Crippen LogP contribution in [0.1, 0.15) is 24.5 Å². The van der Waals surface area contributed by atoms with Crippen molar-refractivity contribution < 1.29 is 19.8 Å². The number of carboxylic acids is 2. The van der Waals surface area contributed by atoms with Crippen LogP contribution in [0.3, 0.4) is 0 Å². The molecule has 0 bridgehead atoms. The van der Waals surface area contributed by atoms with Crippen LogP contribution in [0.5, 0.6) is 0 Å². The molecular formula is C15H21NO4. The topological polar surface area (TPSA) is 77.8 Å². The molecule has 1 aromatic carbocycles. The van der Waals surface area contributed by atoms with Gasteiger partial charge in [0, 0.05) is 18.8 Å². The van der Waals surface area contributed by atoms with Crippen LogP contribution in [0.2, 0.25) is 0 Å². The van der Waals surface area contributed by atoms with E-state index in [0.29, 0.717) is 13.1 Å². The molecule has 1 atom stereocenters. The Labute approximate surface area is 118 Å². The number of carbonyl (C=O) groups is 2. The molecule has 110 valence electrons. The predicted molar refractivity (Wildman–Crippen MR) is 77.2 cm³/mol. The van der Waals surface area contributed by atoms with E-state index < -0.39 is 17.9 Å². The Kier molecular flexibility index (Phi) is 5.55. The summed E-state index contributed by atoms with van der Waals surface area (Å²) in [6, 6.07) is 5.87. The summed E-state index contributed by atoms with van der Waals surface area (Å²) in [6.45, 7) is 6.16. The van der Waals surface area contributed by atoms with Crippen LogP contribution in [0, 0.1) is 19.8 Å². The van der Waals surface area contributed by atoms with E-state index in [1.165, 1.54) is 0 Å². The van der Waals surface area contributed by atoms with Crippen molar-refractivity contribution >= 4 is 17.6 Å². The van der Waals surface area contributed by atoms with Gasteiger partial charge < -0.3 is 15.1 Å². The van der Waals surface area contributed by atoms with E-state index >= 15 is 0 Å². The quantitative estimate of drug-likeness (QED) is 0.800. The molecule has 1 rings (SSSR count). The first-order chi connectivity index (χ1) is 9.31. The maximum absolute atomic E-state index is 11.0. The van der Waals surface area contributed by atoms with Gasteiger partial charge in [0.2, 0.25) is 0 Å². The number of aryl methyl sites for hydroxylation is 2. The zero-order valence-corrected chi connectivity index (χ0v) is 12.1. The summed E-state index contributed by atoms with van der Waals surface area (Å²) in [7, 11) is 0. The minimum Gasteiger partial charge on any atom is -0.481 e. The summed E-state index contributed by atoms with van der Waals surface area (Å²) in [4.78, 5) is 23.6. The molecule has 0 aliphatic heterocycles. The average Bonchev–Trinajstić information content (AvgIpc) is 2.34. The summed E-state index contributed by atoms with van der Waals surface area (Å²) in [5, 5.41) is 17.8. The van der Waals surface area contributed by atoms with E-state index in [1.807, 2.05) is 36.9 Å². The second-order valence-corrected chi connectivity index (χ2v) is 5.12. The van der Waals surface area contributed by atoms with E-state index in [4.69, 9.17) is 10.2 Å². The fourth-order valence-corrected chi connectivity index (χ4v) is 2.11. The third-order valence-electron chi connectivity index (χ3n) is 3.20. The van der Waals surface area contributed by atoms with Crippen LogP contribution < -0.4 is 4.90 Å². The molecule has 1 unspecified atom stereocenters. The monoisotopic (exact) mass is 279 g/mol. The lowest BCUT2D eigenvalue weighted by Crippen LogP contribution is -2.34. The maximum atomic E-state index is 11.0. The van der Waals surface area contributed by atoms with Crippen molar-refractivity contribution in [2.45, 2.75) is 27.2 Å². The van der Waals surface area contributed by atoms with Gasteiger partial charge >= 0.3 is 11.9 Å². The average molecular weight is 279 g/mol. The van der Waals surface area contributed by atoms with Gasteiger partial charge in [-0.25, -0.2) is 0 Å². The first-order valence-corrected chi connectivity index (χ1v) is 6.58.